The summed E-state index contributed by atoms with van der Waals surface area (Å²) in [4.78, 5) is 25.3. The summed E-state index contributed by atoms with van der Waals surface area (Å²) in [6, 6.07) is 15.8. The van der Waals surface area contributed by atoms with E-state index in [1.54, 1.807) is 36.4 Å². The van der Waals surface area contributed by atoms with Crippen LogP contribution in [0.3, 0.4) is 0 Å². The molecule has 0 spiro atoms. The monoisotopic (exact) mass is 389 g/mol. The fourth-order valence-electron chi connectivity index (χ4n) is 2.98. The van der Waals surface area contributed by atoms with Gasteiger partial charge >= 0.3 is 0 Å². The Balaban J connectivity index is 1.62. The van der Waals surface area contributed by atoms with E-state index in [2.05, 4.69) is 5.32 Å². The third-order valence-electron chi connectivity index (χ3n) is 4.64. The van der Waals surface area contributed by atoms with Gasteiger partial charge in [-0.15, -0.1) is 0 Å². The van der Waals surface area contributed by atoms with Gasteiger partial charge in [0.25, 0.3) is 5.91 Å². The second kappa shape index (κ2) is 7.67. The molecule has 0 radical (unpaired) electrons. The van der Waals surface area contributed by atoms with E-state index in [4.69, 9.17) is 13.6 Å². The summed E-state index contributed by atoms with van der Waals surface area (Å²) in [6.45, 7) is 3.63. The summed E-state index contributed by atoms with van der Waals surface area (Å²) >= 11 is 0. The molecule has 1 amide bonds. The Labute approximate surface area is 166 Å². The van der Waals surface area contributed by atoms with Crippen LogP contribution in [0.15, 0.2) is 74.5 Å². The first-order chi connectivity index (χ1) is 14.0. The molecule has 2 heterocycles. The van der Waals surface area contributed by atoms with Crippen LogP contribution in [0.1, 0.15) is 11.1 Å². The van der Waals surface area contributed by atoms with Gasteiger partial charge in [-0.05, 0) is 61.4 Å². The zero-order chi connectivity index (χ0) is 20.4. The molecule has 0 aliphatic heterocycles. The van der Waals surface area contributed by atoms with Gasteiger partial charge in [0, 0.05) is 5.69 Å². The molecule has 0 bridgehead atoms. The van der Waals surface area contributed by atoms with Crippen molar-refractivity contribution in [3.8, 4) is 17.3 Å². The number of carbonyl (C=O) groups excluding carboxylic acids is 1. The Hall–Kier alpha value is -3.80. The maximum absolute atomic E-state index is 12.9. The van der Waals surface area contributed by atoms with Crippen molar-refractivity contribution in [1.29, 1.82) is 0 Å². The number of rotatable bonds is 5. The number of aryl methyl sites for hydroxylation is 2. The number of amides is 1. The van der Waals surface area contributed by atoms with Gasteiger partial charge in [0.2, 0.25) is 16.9 Å². The molecular formula is C23H19NO5. The van der Waals surface area contributed by atoms with E-state index < -0.39 is 0 Å². The molecule has 6 nitrogen and oxygen atoms in total. The first-order valence-electron chi connectivity index (χ1n) is 9.12. The van der Waals surface area contributed by atoms with Gasteiger partial charge in [-0.2, -0.15) is 0 Å². The summed E-state index contributed by atoms with van der Waals surface area (Å²) < 4.78 is 16.8. The number of anilines is 1. The Morgan fingerprint density at radius 1 is 1.03 bits per heavy atom. The molecule has 2 aromatic carbocycles. The summed E-state index contributed by atoms with van der Waals surface area (Å²) in [7, 11) is 0. The molecule has 0 unspecified atom stereocenters. The molecule has 146 valence electrons. The number of benzene rings is 2. The van der Waals surface area contributed by atoms with Crippen LogP contribution in [0.2, 0.25) is 0 Å². The predicted octanol–water partition coefficient (Wildman–Crippen LogP) is 4.69. The van der Waals surface area contributed by atoms with Crippen LogP contribution in [0.5, 0.6) is 5.75 Å². The first-order valence-corrected chi connectivity index (χ1v) is 9.12. The van der Waals surface area contributed by atoms with Gasteiger partial charge in [0.1, 0.15) is 5.58 Å². The van der Waals surface area contributed by atoms with Gasteiger partial charge in [-0.3, -0.25) is 9.59 Å². The molecule has 0 fully saturated rings. The van der Waals surface area contributed by atoms with Gasteiger partial charge in [0.05, 0.1) is 11.6 Å². The van der Waals surface area contributed by atoms with Crippen LogP contribution in [-0.4, -0.2) is 12.5 Å². The van der Waals surface area contributed by atoms with E-state index in [0.29, 0.717) is 22.4 Å². The van der Waals surface area contributed by atoms with Crippen molar-refractivity contribution in [2.24, 2.45) is 0 Å². The lowest BCUT2D eigenvalue weighted by molar-refractivity contribution is -0.118. The summed E-state index contributed by atoms with van der Waals surface area (Å²) in [5.41, 5.74) is 2.92. The summed E-state index contributed by atoms with van der Waals surface area (Å²) in [5.74, 6) is 0.0511. The number of furan rings is 1. The van der Waals surface area contributed by atoms with Crippen molar-refractivity contribution in [3.63, 3.8) is 0 Å². The Bertz CT molecular complexity index is 1240. The molecule has 0 aliphatic carbocycles. The lowest BCUT2D eigenvalue weighted by atomic mass is 10.1. The van der Waals surface area contributed by atoms with Crippen molar-refractivity contribution < 1.29 is 18.4 Å². The summed E-state index contributed by atoms with van der Waals surface area (Å²) in [6.07, 6.45) is 1.47. The highest BCUT2D eigenvalue weighted by Crippen LogP contribution is 2.31. The maximum atomic E-state index is 12.9. The fourth-order valence-corrected chi connectivity index (χ4v) is 2.98. The van der Waals surface area contributed by atoms with Crippen molar-refractivity contribution in [2.75, 3.05) is 11.9 Å². The molecule has 4 aromatic rings. The number of fused-ring (bicyclic) bond motifs is 1. The van der Waals surface area contributed by atoms with Crippen molar-refractivity contribution in [2.45, 2.75) is 13.8 Å². The lowest BCUT2D eigenvalue weighted by Crippen LogP contribution is -2.22. The fraction of sp³-hybridized carbons (Fsp3) is 0.130. The van der Waals surface area contributed by atoms with Crippen LogP contribution in [0.25, 0.3) is 22.5 Å². The van der Waals surface area contributed by atoms with Gasteiger partial charge in [0.15, 0.2) is 12.4 Å². The highest BCUT2D eigenvalue weighted by atomic mass is 16.5. The predicted molar refractivity (Wildman–Crippen MR) is 110 cm³/mol. The van der Waals surface area contributed by atoms with E-state index in [1.807, 2.05) is 32.0 Å². The quantitative estimate of drug-likeness (QED) is 0.536. The second-order valence-electron chi connectivity index (χ2n) is 6.70. The average molecular weight is 389 g/mol. The van der Waals surface area contributed by atoms with Crippen molar-refractivity contribution >= 4 is 22.6 Å². The second-order valence-corrected chi connectivity index (χ2v) is 6.70. The van der Waals surface area contributed by atoms with Gasteiger partial charge in [-0.1, -0.05) is 18.2 Å². The Kier molecular flexibility index (Phi) is 4.91. The minimum Gasteiger partial charge on any atom is -0.476 e. The van der Waals surface area contributed by atoms with E-state index in [1.165, 1.54) is 6.26 Å². The third-order valence-corrected chi connectivity index (χ3v) is 4.64. The molecule has 6 heteroatoms. The van der Waals surface area contributed by atoms with Crippen molar-refractivity contribution in [3.05, 3.63) is 82.2 Å². The topological polar surface area (TPSA) is 81.7 Å². The van der Waals surface area contributed by atoms with Crippen LogP contribution in [-0.2, 0) is 4.79 Å². The molecule has 1 N–H and O–H groups in total. The number of hydrogen-bond acceptors (Lipinski definition) is 5. The normalized spacial score (nSPS) is 10.8. The number of nitrogens with one attached hydrogen (secondary N) is 1. The number of carbonyl (C=O) groups is 1. The Morgan fingerprint density at radius 3 is 2.62 bits per heavy atom. The zero-order valence-electron chi connectivity index (χ0n) is 16.0. The van der Waals surface area contributed by atoms with E-state index in [-0.39, 0.29) is 29.5 Å². The van der Waals surface area contributed by atoms with Crippen LogP contribution in [0, 0.1) is 13.8 Å². The summed E-state index contributed by atoms with van der Waals surface area (Å²) in [5, 5.41) is 3.14. The molecular weight excluding hydrogens is 370 g/mol. The molecule has 2 aromatic heterocycles. The Morgan fingerprint density at radius 2 is 1.86 bits per heavy atom. The molecule has 0 aliphatic rings. The minimum atomic E-state index is -0.383. The van der Waals surface area contributed by atoms with Gasteiger partial charge in [-0.25, -0.2) is 0 Å². The van der Waals surface area contributed by atoms with Crippen LogP contribution >= 0.6 is 0 Å². The number of ether oxygens (including phenoxy) is 1. The maximum Gasteiger partial charge on any atom is 0.262 e. The number of para-hydroxylation sites is 1. The standard InChI is InChI=1S/C23H19NO5/c1-14-9-10-16(12-15(14)2)24-20(25)13-28-23-21(26)17-6-3-4-7-18(17)29-22(23)19-8-5-11-27-19/h3-12H,13H2,1-2H3,(H,24,25). The lowest BCUT2D eigenvalue weighted by Gasteiger charge is -2.11. The SMILES string of the molecule is Cc1ccc(NC(=O)COc2c(-c3ccco3)oc3ccccc3c2=O)cc1C. The van der Waals surface area contributed by atoms with Crippen molar-refractivity contribution in [1.82, 2.24) is 0 Å². The van der Waals surface area contributed by atoms with Gasteiger partial charge < -0.3 is 18.9 Å². The largest absolute Gasteiger partial charge is 0.476 e. The zero-order valence-corrected chi connectivity index (χ0v) is 16.0. The highest BCUT2D eigenvalue weighted by molar-refractivity contribution is 5.92. The molecule has 29 heavy (non-hydrogen) atoms. The number of hydrogen-bond donors (Lipinski definition) is 1. The highest BCUT2D eigenvalue weighted by Gasteiger charge is 2.20. The molecule has 0 saturated carbocycles. The smallest absolute Gasteiger partial charge is 0.262 e. The first kappa shape index (κ1) is 18.6. The van der Waals surface area contributed by atoms with E-state index in [9.17, 15) is 9.59 Å². The van der Waals surface area contributed by atoms with E-state index >= 15 is 0 Å². The average Bonchev–Trinajstić information content (AvgIpc) is 3.25. The van der Waals surface area contributed by atoms with Crippen LogP contribution < -0.4 is 15.5 Å². The molecule has 0 saturated heterocycles. The minimum absolute atomic E-state index is 0.0612. The third kappa shape index (κ3) is 3.78. The molecule has 0 atom stereocenters. The molecule has 4 rings (SSSR count). The van der Waals surface area contributed by atoms with E-state index in [0.717, 1.165) is 11.1 Å². The van der Waals surface area contributed by atoms with Crippen LogP contribution in [0.4, 0.5) is 5.69 Å².